The highest BCUT2D eigenvalue weighted by molar-refractivity contribution is 5.77. The van der Waals surface area contributed by atoms with Gasteiger partial charge in [-0.2, -0.15) is 0 Å². The van der Waals surface area contributed by atoms with Crippen LogP contribution >= 0.6 is 0 Å². The maximum absolute atomic E-state index is 13.5. The Hall–Kier alpha value is -1.82. The number of hydrogen-bond acceptors (Lipinski definition) is 5. The van der Waals surface area contributed by atoms with Gasteiger partial charge in [-0.25, -0.2) is 9.18 Å². The molecule has 0 aliphatic rings. The summed E-state index contributed by atoms with van der Waals surface area (Å²) in [7, 11) is 2.75. The smallest absolute Gasteiger partial charge is 0.339 e. The van der Waals surface area contributed by atoms with E-state index in [0.717, 1.165) is 0 Å². The number of hydrogen-bond donors (Lipinski definition) is 1. The Morgan fingerprint density at radius 2 is 1.75 bits per heavy atom. The van der Waals surface area contributed by atoms with Crippen LogP contribution < -0.4 is 9.47 Å². The van der Waals surface area contributed by atoms with E-state index >= 15 is 0 Å². The largest absolute Gasteiger partial charge is 0.496 e. The van der Waals surface area contributed by atoms with E-state index in [1.165, 1.54) is 33.3 Å². The molecule has 6 heteroatoms. The number of esters is 1. The summed E-state index contributed by atoms with van der Waals surface area (Å²) in [5, 5.41) is 9.98. The van der Waals surface area contributed by atoms with Crippen LogP contribution in [0.25, 0.3) is 0 Å². The highest BCUT2D eigenvalue weighted by atomic mass is 19.1. The zero-order chi connectivity index (χ0) is 15.3. The first kappa shape index (κ1) is 16.2. The van der Waals surface area contributed by atoms with Crippen molar-refractivity contribution < 1.29 is 28.5 Å². The predicted molar refractivity (Wildman–Crippen MR) is 70.7 cm³/mol. The number of ether oxygens (including phenoxy) is 3. The summed E-state index contributed by atoms with van der Waals surface area (Å²) in [5.74, 6) is -0.362. The van der Waals surface area contributed by atoms with Crippen molar-refractivity contribution in [3.05, 3.63) is 23.3 Å². The Bertz CT molecular complexity index is 473. The quantitative estimate of drug-likeness (QED) is 0.813. The van der Waals surface area contributed by atoms with Gasteiger partial charge in [-0.15, -0.1) is 0 Å². The van der Waals surface area contributed by atoms with Crippen LogP contribution in [0.3, 0.4) is 0 Å². The number of carbonyl (C=O) groups excluding carboxylic acids is 1. The van der Waals surface area contributed by atoms with Crippen molar-refractivity contribution in [2.24, 2.45) is 0 Å². The molecule has 112 valence electrons. The van der Waals surface area contributed by atoms with E-state index in [1.54, 1.807) is 6.92 Å². The monoisotopic (exact) mass is 286 g/mol. The van der Waals surface area contributed by atoms with E-state index < -0.39 is 18.2 Å². The van der Waals surface area contributed by atoms with Gasteiger partial charge >= 0.3 is 5.97 Å². The molecule has 0 saturated heterocycles. The molecule has 0 aliphatic carbocycles. The van der Waals surface area contributed by atoms with Crippen molar-refractivity contribution in [3.8, 4) is 11.5 Å². The number of aliphatic hydroxyl groups is 1. The third-order valence-corrected chi connectivity index (χ3v) is 2.82. The molecular formula is C14H19FO5. The van der Waals surface area contributed by atoms with Crippen molar-refractivity contribution in [1.29, 1.82) is 0 Å². The van der Waals surface area contributed by atoms with Gasteiger partial charge in [0.1, 0.15) is 17.7 Å². The lowest BCUT2D eigenvalue weighted by atomic mass is 10.0. The third-order valence-electron chi connectivity index (χ3n) is 2.82. The number of aliphatic hydroxyl groups excluding tert-OH is 1. The molecule has 0 fully saturated rings. The lowest BCUT2D eigenvalue weighted by molar-refractivity contribution is -0.153. The second kappa shape index (κ2) is 7.09. The zero-order valence-corrected chi connectivity index (χ0v) is 12.0. The van der Waals surface area contributed by atoms with E-state index in [9.17, 15) is 14.3 Å². The summed E-state index contributed by atoms with van der Waals surface area (Å²) < 4.78 is 28.4. The standard InChI is InChI=1S/C14H19FO5/c1-5-20-14(17)13(16)10-7-11(18-3)9(8(2)15)6-12(10)19-4/h6-8,13,16H,5H2,1-4H3. The van der Waals surface area contributed by atoms with Crippen LogP contribution in [0.15, 0.2) is 12.1 Å². The first-order valence-corrected chi connectivity index (χ1v) is 6.20. The molecule has 2 unspecified atom stereocenters. The SMILES string of the molecule is CCOC(=O)C(O)c1cc(OC)c(C(C)F)cc1OC. The molecule has 0 heterocycles. The molecule has 1 N–H and O–H groups in total. The minimum atomic E-state index is -1.51. The third kappa shape index (κ3) is 3.39. The minimum absolute atomic E-state index is 0.148. The first-order chi connectivity index (χ1) is 9.46. The molecule has 0 aliphatic heterocycles. The Labute approximate surface area is 117 Å². The van der Waals surface area contributed by atoms with Gasteiger partial charge in [-0.05, 0) is 26.0 Å². The highest BCUT2D eigenvalue weighted by Crippen LogP contribution is 2.37. The van der Waals surface area contributed by atoms with Gasteiger partial charge in [0.05, 0.1) is 20.8 Å². The first-order valence-electron chi connectivity index (χ1n) is 6.20. The average molecular weight is 286 g/mol. The maximum atomic E-state index is 13.5. The van der Waals surface area contributed by atoms with Crippen LogP contribution in [-0.2, 0) is 9.53 Å². The van der Waals surface area contributed by atoms with Crippen molar-refractivity contribution in [1.82, 2.24) is 0 Å². The van der Waals surface area contributed by atoms with Gasteiger partial charge in [0.15, 0.2) is 6.10 Å². The summed E-state index contributed by atoms with van der Waals surface area (Å²) in [6.07, 6.45) is -2.78. The summed E-state index contributed by atoms with van der Waals surface area (Å²) >= 11 is 0. The van der Waals surface area contributed by atoms with Crippen LogP contribution in [-0.4, -0.2) is 31.9 Å². The Kier molecular flexibility index (Phi) is 5.76. The van der Waals surface area contributed by atoms with Crippen molar-refractivity contribution in [2.45, 2.75) is 26.1 Å². The molecule has 1 rings (SSSR count). The molecule has 0 radical (unpaired) electrons. The fraction of sp³-hybridized carbons (Fsp3) is 0.500. The van der Waals surface area contributed by atoms with E-state index in [-0.39, 0.29) is 29.2 Å². The second-order valence-electron chi connectivity index (χ2n) is 4.11. The lowest BCUT2D eigenvalue weighted by Gasteiger charge is -2.18. The number of alkyl halides is 1. The molecule has 5 nitrogen and oxygen atoms in total. The Morgan fingerprint density at radius 3 is 2.20 bits per heavy atom. The van der Waals surface area contributed by atoms with Crippen LogP contribution in [0, 0.1) is 0 Å². The zero-order valence-electron chi connectivity index (χ0n) is 12.0. The van der Waals surface area contributed by atoms with E-state index in [1.807, 2.05) is 0 Å². The van der Waals surface area contributed by atoms with Crippen LogP contribution in [0.4, 0.5) is 4.39 Å². The van der Waals surface area contributed by atoms with Gasteiger partial charge < -0.3 is 19.3 Å². The van der Waals surface area contributed by atoms with Crippen molar-refractivity contribution in [2.75, 3.05) is 20.8 Å². The summed E-state index contributed by atoms with van der Waals surface area (Å²) in [6.45, 7) is 3.14. The van der Waals surface area contributed by atoms with Gasteiger partial charge in [0.25, 0.3) is 0 Å². The van der Waals surface area contributed by atoms with Crippen molar-refractivity contribution in [3.63, 3.8) is 0 Å². The van der Waals surface area contributed by atoms with E-state index in [0.29, 0.717) is 0 Å². The molecule has 0 spiro atoms. The highest BCUT2D eigenvalue weighted by Gasteiger charge is 2.25. The topological polar surface area (TPSA) is 65.0 Å². The molecule has 20 heavy (non-hydrogen) atoms. The average Bonchev–Trinajstić information content (AvgIpc) is 2.44. The van der Waals surface area contributed by atoms with Crippen LogP contribution in [0.5, 0.6) is 11.5 Å². The molecule has 0 saturated carbocycles. The summed E-state index contributed by atoms with van der Waals surface area (Å²) in [6, 6.07) is 2.78. The number of carbonyl (C=O) groups is 1. The summed E-state index contributed by atoms with van der Waals surface area (Å²) in [4.78, 5) is 11.6. The normalized spacial score (nSPS) is 13.5. The Balaban J connectivity index is 3.28. The lowest BCUT2D eigenvalue weighted by Crippen LogP contribution is -2.16. The van der Waals surface area contributed by atoms with Gasteiger partial charge in [-0.1, -0.05) is 0 Å². The number of halogens is 1. The fourth-order valence-electron chi connectivity index (χ4n) is 1.82. The Morgan fingerprint density at radius 1 is 1.25 bits per heavy atom. The van der Waals surface area contributed by atoms with E-state index in [4.69, 9.17) is 14.2 Å². The van der Waals surface area contributed by atoms with Gasteiger partial charge in [0.2, 0.25) is 0 Å². The number of benzene rings is 1. The number of rotatable bonds is 6. The minimum Gasteiger partial charge on any atom is -0.496 e. The van der Waals surface area contributed by atoms with Crippen LogP contribution in [0.1, 0.15) is 37.3 Å². The van der Waals surface area contributed by atoms with Gasteiger partial charge in [0, 0.05) is 11.1 Å². The second-order valence-corrected chi connectivity index (χ2v) is 4.11. The van der Waals surface area contributed by atoms with Crippen LogP contribution in [0.2, 0.25) is 0 Å². The molecule has 0 aromatic heterocycles. The molecule has 2 atom stereocenters. The molecule has 1 aromatic rings. The molecule has 0 bridgehead atoms. The maximum Gasteiger partial charge on any atom is 0.339 e. The molecular weight excluding hydrogens is 267 g/mol. The van der Waals surface area contributed by atoms with E-state index in [2.05, 4.69) is 0 Å². The van der Waals surface area contributed by atoms with Gasteiger partial charge in [-0.3, -0.25) is 0 Å². The fourth-order valence-corrected chi connectivity index (χ4v) is 1.82. The molecule has 1 aromatic carbocycles. The predicted octanol–water partition coefficient (Wildman–Crippen LogP) is 2.33. The van der Waals surface area contributed by atoms with Crippen molar-refractivity contribution >= 4 is 5.97 Å². The molecule has 0 amide bonds. The summed E-state index contributed by atoms with van der Waals surface area (Å²) in [5.41, 5.74) is 0.455. The number of methoxy groups -OCH3 is 2.